The van der Waals surface area contributed by atoms with Crippen molar-refractivity contribution >= 4 is 34.7 Å². The van der Waals surface area contributed by atoms with Crippen LogP contribution in [0.5, 0.6) is 5.75 Å². The molecule has 0 aliphatic rings. The van der Waals surface area contributed by atoms with Gasteiger partial charge in [-0.25, -0.2) is 0 Å². The Morgan fingerprint density at radius 1 is 1.19 bits per heavy atom. The summed E-state index contributed by atoms with van der Waals surface area (Å²) in [6, 6.07) is 11.9. The summed E-state index contributed by atoms with van der Waals surface area (Å²) < 4.78 is 5.41. The Morgan fingerprint density at radius 2 is 2.00 bits per heavy atom. The van der Waals surface area contributed by atoms with Gasteiger partial charge in [0.1, 0.15) is 5.75 Å². The summed E-state index contributed by atoms with van der Waals surface area (Å²) in [7, 11) is 1.60. The molecule has 0 aliphatic carbocycles. The second kappa shape index (κ2) is 8.22. The molecule has 0 saturated carbocycles. The third-order valence-corrected chi connectivity index (χ3v) is 4.57. The molecule has 0 aliphatic heterocycles. The van der Waals surface area contributed by atoms with Crippen LogP contribution in [0.25, 0.3) is 0 Å². The number of methoxy groups -OCH3 is 1. The average Bonchev–Trinajstić information content (AvgIpc) is 2.65. The number of anilines is 4. The van der Waals surface area contributed by atoms with E-state index in [0.29, 0.717) is 22.5 Å². The van der Waals surface area contributed by atoms with E-state index < -0.39 is 0 Å². The van der Waals surface area contributed by atoms with Crippen molar-refractivity contribution in [1.29, 1.82) is 0 Å². The Hall–Kier alpha value is -2.86. The minimum Gasteiger partial charge on any atom is -0.495 e. The van der Waals surface area contributed by atoms with Crippen LogP contribution < -0.4 is 15.0 Å². The van der Waals surface area contributed by atoms with Crippen molar-refractivity contribution in [1.82, 2.24) is 15.2 Å². The highest BCUT2D eigenvalue weighted by atomic mass is 35.5. The lowest BCUT2D eigenvalue weighted by molar-refractivity contribution is 0.416. The number of nitrogens with one attached hydrogen (secondary N) is 1. The van der Waals surface area contributed by atoms with Gasteiger partial charge >= 0.3 is 0 Å². The molecule has 3 rings (SSSR count). The van der Waals surface area contributed by atoms with Gasteiger partial charge in [0.2, 0.25) is 0 Å². The molecule has 0 atom stereocenters. The molecule has 2 aromatic carbocycles. The fourth-order valence-corrected chi connectivity index (χ4v) is 2.93. The molecular weight excluding hydrogens is 362 g/mol. The maximum Gasteiger partial charge on any atom is 0.251 e. The second-order valence-corrected chi connectivity index (χ2v) is 6.56. The van der Waals surface area contributed by atoms with E-state index in [2.05, 4.69) is 46.5 Å². The number of hydrogen-bond acceptors (Lipinski definition) is 6. The van der Waals surface area contributed by atoms with E-state index in [4.69, 9.17) is 16.3 Å². The molecule has 0 amide bonds. The molecule has 1 N–H and O–H groups in total. The van der Waals surface area contributed by atoms with Gasteiger partial charge in [-0.2, -0.15) is 10.1 Å². The zero-order valence-corrected chi connectivity index (χ0v) is 16.6. The number of aryl methyl sites for hydroxylation is 2. The van der Waals surface area contributed by atoms with Crippen LogP contribution in [0.4, 0.5) is 23.1 Å². The van der Waals surface area contributed by atoms with E-state index in [1.54, 1.807) is 19.4 Å². The Bertz CT molecular complexity index is 947. The molecule has 1 heterocycles. The van der Waals surface area contributed by atoms with Crippen LogP contribution in [0.2, 0.25) is 5.02 Å². The summed E-state index contributed by atoms with van der Waals surface area (Å²) in [5, 5.41) is 12.2. The summed E-state index contributed by atoms with van der Waals surface area (Å²) in [6.45, 7) is 6.77. The van der Waals surface area contributed by atoms with Crippen molar-refractivity contribution in [3.63, 3.8) is 0 Å². The monoisotopic (exact) mass is 383 g/mol. The summed E-state index contributed by atoms with van der Waals surface area (Å²) >= 11 is 6.18. The lowest BCUT2D eigenvalue weighted by Crippen LogP contribution is -2.19. The van der Waals surface area contributed by atoms with E-state index >= 15 is 0 Å². The fourth-order valence-electron chi connectivity index (χ4n) is 2.77. The Morgan fingerprint density at radius 3 is 2.70 bits per heavy atom. The number of ether oxygens (including phenoxy) is 1. The Balaban J connectivity index is 1.93. The van der Waals surface area contributed by atoms with Crippen molar-refractivity contribution in [2.75, 3.05) is 23.9 Å². The highest BCUT2D eigenvalue weighted by Gasteiger charge is 2.13. The predicted octanol–water partition coefficient (Wildman–Crippen LogP) is 5.05. The number of nitrogens with zero attached hydrogens (tertiary/aromatic N) is 4. The van der Waals surface area contributed by atoms with Gasteiger partial charge in [0.15, 0.2) is 5.82 Å². The first-order valence-electron chi connectivity index (χ1n) is 8.67. The molecule has 0 saturated heterocycles. The number of rotatable bonds is 6. The molecule has 0 spiro atoms. The minimum atomic E-state index is 0.526. The van der Waals surface area contributed by atoms with E-state index in [1.165, 1.54) is 5.56 Å². The summed E-state index contributed by atoms with van der Waals surface area (Å²) in [4.78, 5) is 6.63. The van der Waals surface area contributed by atoms with E-state index in [0.717, 1.165) is 23.5 Å². The normalized spacial score (nSPS) is 10.6. The van der Waals surface area contributed by atoms with Gasteiger partial charge in [0.25, 0.3) is 5.95 Å². The fraction of sp³-hybridized carbons (Fsp3) is 0.250. The molecule has 0 bridgehead atoms. The van der Waals surface area contributed by atoms with Crippen LogP contribution in [-0.4, -0.2) is 28.8 Å². The van der Waals surface area contributed by atoms with Crippen LogP contribution in [-0.2, 0) is 0 Å². The SMILES string of the molecule is CCN(c1cccc(C)c1)c1nncc(Nc2cc(C)c(Cl)cc2OC)n1. The van der Waals surface area contributed by atoms with Crippen molar-refractivity contribution in [2.24, 2.45) is 0 Å². The lowest BCUT2D eigenvalue weighted by Gasteiger charge is -2.21. The molecule has 0 fully saturated rings. The third kappa shape index (κ3) is 4.28. The number of benzene rings is 2. The molecule has 7 heteroatoms. The van der Waals surface area contributed by atoms with Gasteiger partial charge in [-0.15, -0.1) is 5.10 Å². The molecule has 1 aromatic heterocycles. The van der Waals surface area contributed by atoms with Crippen LogP contribution in [0.15, 0.2) is 42.6 Å². The van der Waals surface area contributed by atoms with Crippen LogP contribution >= 0.6 is 11.6 Å². The third-order valence-electron chi connectivity index (χ3n) is 4.16. The smallest absolute Gasteiger partial charge is 0.251 e. The molecule has 6 nitrogen and oxygen atoms in total. The van der Waals surface area contributed by atoms with Gasteiger partial charge in [-0.05, 0) is 50.1 Å². The first kappa shape index (κ1) is 18.9. The molecular formula is C20H22ClN5O. The van der Waals surface area contributed by atoms with Crippen molar-refractivity contribution in [3.05, 3.63) is 58.7 Å². The maximum absolute atomic E-state index is 6.18. The largest absolute Gasteiger partial charge is 0.495 e. The first-order chi connectivity index (χ1) is 13.0. The summed E-state index contributed by atoms with van der Waals surface area (Å²) in [5.74, 6) is 1.74. The van der Waals surface area contributed by atoms with Gasteiger partial charge in [-0.1, -0.05) is 23.7 Å². The van der Waals surface area contributed by atoms with Crippen LogP contribution in [0, 0.1) is 13.8 Å². The minimum absolute atomic E-state index is 0.526. The van der Waals surface area contributed by atoms with E-state index in [-0.39, 0.29) is 0 Å². The Kier molecular flexibility index (Phi) is 5.76. The highest BCUT2D eigenvalue weighted by molar-refractivity contribution is 6.31. The lowest BCUT2D eigenvalue weighted by atomic mass is 10.2. The highest BCUT2D eigenvalue weighted by Crippen LogP contribution is 2.33. The first-order valence-corrected chi connectivity index (χ1v) is 9.04. The Labute approximate surface area is 164 Å². The van der Waals surface area contributed by atoms with Gasteiger partial charge < -0.3 is 15.0 Å². The summed E-state index contributed by atoms with van der Waals surface area (Å²) in [6.07, 6.45) is 1.58. The number of hydrogen-bond donors (Lipinski definition) is 1. The number of aromatic nitrogens is 3. The van der Waals surface area contributed by atoms with Crippen LogP contribution in [0.1, 0.15) is 18.1 Å². The van der Waals surface area contributed by atoms with Crippen molar-refractivity contribution < 1.29 is 4.74 Å². The quantitative estimate of drug-likeness (QED) is 0.642. The second-order valence-electron chi connectivity index (χ2n) is 6.15. The zero-order chi connectivity index (χ0) is 19.4. The maximum atomic E-state index is 6.18. The molecule has 140 valence electrons. The zero-order valence-electron chi connectivity index (χ0n) is 15.8. The molecule has 27 heavy (non-hydrogen) atoms. The van der Waals surface area contributed by atoms with Crippen molar-refractivity contribution in [3.8, 4) is 5.75 Å². The average molecular weight is 384 g/mol. The van der Waals surface area contributed by atoms with Gasteiger partial charge in [-0.3, -0.25) is 0 Å². The van der Waals surface area contributed by atoms with Gasteiger partial charge in [0.05, 0.1) is 19.0 Å². The van der Waals surface area contributed by atoms with E-state index in [1.807, 2.05) is 30.0 Å². The predicted molar refractivity (Wildman–Crippen MR) is 110 cm³/mol. The molecule has 3 aromatic rings. The molecule has 0 radical (unpaired) electrons. The molecule has 0 unspecified atom stereocenters. The van der Waals surface area contributed by atoms with Crippen LogP contribution in [0.3, 0.4) is 0 Å². The van der Waals surface area contributed by atoms with E-state index in [9.17, 15) is 0 Å². The topological polar surface area (TPSA) is 63.2 Å². The van der Waals surface area contributed by atoms with Crippen molar-refractivity contribution in [2.45, 2.75) is 20.8 Å². The number of halogens is 1. The van der Waals surface area contributed by atoms with Gasteiger partial charge in [0, 0.05) is 23.3 Å². The summed E-state index contributed by atoms with van der Waals surface area (Å²) in [5.41, 5.74) is 3.91. The standard InChI is InChI=1S/C20H22ClN5O/c1-5-26(15-8-6-7-13(2)9-15)20-24-19(12-22-25-20)23-17-10-14(3)16(21)11-18(17)27-4/h6-12H,5H2,1-4H3,(H,23,24,25).